The van der Waals surface area contributed by atoms with Crippen molar-refractivity contribution in [2.75, 3.05) is 6.61 Å². The maximum absolute atomic E-state index is 12.8. The third kappa shape index (κ3) is 2.02. The first kappa shape index (κ1) is 11.8. The molecule has 1 heterocycles. The first-order valence-corrected chi connectivity index (χ1v) is 4.11. The second kappa shape index (κ2) is 4.47. The fraction of sp³-hybridized carbons (Fsp3) is 1.00. The van der Waals surface area contributed by atoms with E-state index in [1.54, 1.807) is 0 Å². The van der Waals surface area contributed by atoms with Crippen LogP contribution in [0.4, 0.5) is 4.39 Å². The van der Waals surface area contributed by atoms with Crippen LogP contribution in [0.1, 0.15) is 0 Å². The Morgan fingerprint density at radius 2 is 1.79 bits per heavy atom. The van der Waals surface area contributed by atoms with Gasteiger partial charge in [-0.3, -0.25) is 0 Å². The molecule has 6 atom stereocenters. The van der Waals surface area contributed by atoms with E-state index in [0.29, 0.717) is 0 Å². The molecular formula is C7H13FO6. The predicted molar refractivity (Wildman–Crippen MR) is 40.9 cm³/mol. The Morgan fingerprint density at radius 1 is 1.21 bits per heavy atom. The summed E-state index contributed by atoms with van der Waals surface area (Å²) in [6.45, 7) is -0.724. The number of aliphatic hydroxyl groups excluding tert-OH is 5. The Kier molecular flexibility index (Phi) is 3.76. The maximum Gasteiger partial charge on any atom is 0.189 e. The van der Waals surface area contributed by atoms with Crippen LogP contribution < -0.4 is 0 Å². The first-order valence-electron chi connectivity index (χ1n) is 4.11. The Morgan fingerprint density at radius 3 is 2.29 bits per heavy atom. The second-order valence-corrected chi connectivity index (χ2v) is 3.17. The molecule has 0 bridgehead atoms. The summed E-state index contributed by atoms with van der Waals surface area (Å²) in [5.41, 5.74) is 0. The number of rotatable bonds is 2. The molecule has 1 rings (SSSR count). The molecule has 5 N–H and O–H groups in total. The summed E-state index contributed by atoms with van der Waals surface area (Å²) >= 11 is 0. The van der Waals surface area contributed by atoms with Crippen molar-refractivity contribution in [3.63, 3.8) is 0 Å². The zero-order valence-electron chi connectivity index (χ0n) is 7.19. The number of hydrogen-bond acceptors (Lipinski definition) is 6. The number of ether oxygens (including phenoxy) is 1. The van der Waals surface area contributed by atoms with Gasteiger partial charge >= 0.3 is 0 Å². The monoisotopic (exact) mass is 212 g/mol. The number of aliphatic hydroxyl groups is 5. The molecule has 0 amide bonds. The topological polar surface area (TPSA) is 110 Å². The molecule has 84 valence electrons. The zero-order chi connectivity index (χ0) is 10.9. The first-order chi connectivity index (χ1) is 6.49. The predicted octanol–water partition coefficient (Wildman–Crippen LogP) is -2.88. The molecule has 0 unspecified atom stereocenters. The lowest BCUT2D eigenvalue weighted by Crippen LogP contribution is -2.59. The van der Waals surface area contributed by atoms with Gasteiger partial charge in [0.05, 0.1) is 6.61 Å². The molecular weight excluding hydrogens is 199 g/mol. The van der Waals surface area contributed by atoms with Crippen molar-refractivity contribution in [1.29, 1.82) is 0 Å². The summed E-state index contributed by atoms with van der Waals surface area (Å²) in [4.78, 5) is 0. The van der Waals surface area contributed by atoms with Crippen LogP contribution in [0.3, 0.4) is 0 Å². The van der Waals surface area contributed by atoms with Crippen LogP contribution in [0.15, 0.2) is 0 Å². The molecule has 1 aliphatic heterocycles. The lowest BCUT2D eigenvalue weighted by molar-refractivity contribution is -0.284. The summed E-state index contributed by atoms with van der Waals surface area (Å²) in [7, 11) is 0. The largest absolute Gasteiger partial charge is 0.394 e. The standard InChI is InChI=1S/C7H13FO6/c8-3-4(11)5(12)6(2(10)1-9)14-7(3)13/h2-7,9-13H,1H2/t2-,3+,4+,5-,6+,7+/m0/s1. The van der Waals surface area contributed by atoms with Gasteiger partial charge in [-0.05, 0) is 0 Å². The third-order valence-corrected chi connectivity index (χ3v) is 2.15. The van der Waals surface area contributed by atoms with E-state index in [1.807, 2.05) is 0 Å². The summed E-state index contributed by atoms with van der Waals surface area (Å²) in [5, 5.41) is 44.9. The van der Waals surface area contributed by atoms with Crippen LogP contribution in [0.2, 0.25) is 0 Å². The van der Waals surface area contributed by atoms with E-state index in [2.05, 4.69) is 4.74 Å². The lowest BCUT2D eigenvalue weighted by atomic mass is 9.96. The highest BCUT2D eigenvalue weighted by molar-refractivity contribution is 4.91. The van der Waals surface area contributed by atoms with Crippen molar-refractivity contribution in [2.24, 2.45) is 0 Å². The van der Waals surface area contributed by atoms with E-state index in [-0.39, 0.29) is 0 Å². The normalized spacial score (nSPS) is 46.3. The van der Waals surface area contributed by atoms with Gasteiger partial charge in [0.1, 0.15) is 24.4 Å². The summed E-state index contributed by atoms with van der Waals surface area (Å²) in [6, 6.07) is 0. The molecule has 1 aliphatic rings. The fourth-order valence-electron chi connectivity index (χ4n) is 1.29. The SMILES string of the molecule is OC[C@H](O)[C@H]1O[C@@H](O)[C@H](F)[C@@H](O)[C@@H]1O. The quantitative estimate of drug-likeness (QED) is 0.336. The summed E-state index contributed by atoms with van der Waals surface area (Å²) in [5.74, 6) is 0. The van der Waals surface area contributed by atoms with E-state index in [0.717, 1.165) is 0 Å². The Bertz CT molecular complexity index is 191. The van der Waals surface area contributed by atoms with Gasteiger partial charge in [0.15, 0.2) is 12.5 Å². The minimum Gasteiger partial charge on any atom is -0.394 e. The maximum atomic E-state index is 12.8. The van der Waals surface area contributed by atoms with E-state index < -0.39 is 43.5 Å². The van der Waals surface area contributed by atoms with Crippen molar-refractivity contribution < 1.29 is 34.7 Å². The van der Waals surface area contributed by atoms with Gasteiger partial charge in [0.2, 0.25) is 0 Å². The highest BCUT2D eigenvalue weighted by atomic mass is 19.1. The van der Waals surface area contributed by atoms with E-state index in [1.165, 1.54) is 0 Å². The van der Waals surface area contributed by atoms with Crippen LogP contribution in [-0.4, -0.2) is 69.0 Å². The average molecular weight is 212 g/mol. The van der Waals surface area contributed by atoms with E-state index in [4.69, 9.17) is 20.4 Å². The molecule has 0 radical (unpaired) electrons. The van der Waals surface area contributed by atoms with Crippen molar-refractivity contribution in [1.82, 2.24) is 0 Å². The molecule has 0 spiro atoms. The van der Waals surface area contributed by atoms with Gasteiger partial charge in [0.25, 0.3) is 0 Å². The van der Waals surface area contributed by atoms with Gasteiger partial charge in [-0.15, -0.1) is 0 Å². The molecule has 6 nitrogen and oxygen atoms in total. The van der Waals surface area contributed by atoms with Crippen molar-refractivity contribution >= 4 is 0 Å². The molecule has 0 saturated carbocycles. The number of hydrogen-bond donors (Lipinski definition) is 5. The van der Waals surface area contributed by atoms with Gasteiger partial charge < -0.3 is 30.3 Å². The summed E-state index contributed by atoms with van der Waals surface area (Å²) in [6.07, 6.45) is -10.5. The second-order valence-electron chi connectivity index (χ2n) is 3.17. The fourth-order valence-corrected chi connectivity index (χ4v) is 1.29. The van der Waals surface area contributed by atoms with Gasteiger partial charge in [-0.25, -0.2) is 4.39 Å². The zero-order valence-corrected chi connectivity index (χ0v) is 7.19. The number of halogens is 1. The van der Waals surface area contributed by atoms with Gasteiger partial charge in [-0.2, -0.15) is 0 Å². The molecule has 1 fully saturated rings. The Balaban J connectivity index is 2.70. The highest BCUT2D eigenvalue weighted by Crippen LogP contribution is 2.23. The highest BCUT2D eigenvalue weighted by Gasteiger charge is 2.46. The smallest absolute Gasteiger partial charge is 0.189 e. The molecule has 0 aromatic carbocycles. The molecule has 14 heavy (non-hydrogen) atoms. The number of alkyl halides is 1. The van der Waals surface area contributed by atoms with Crippen molar-refractivity contribution in [3.8, 4) is 0 Å². The van der Waals surface area contributed by atoms with Crippen LogP contribution in [0, 0.1) is 0 Å². The van der Waals surface area contributed by atoms with Gasteiger partial charge in [0, 0.05) is 0 Å². The van der Waals surface area contributed by atoms with E-state index in [9.17, 15) is 9.50 Å². The van der Waals surface area contributed by atoms with E-state index >= 15 is 0 Å². The lowest BCUT2D eigenvalue weighted by Gasteiger charge is -2.38. The van der Waals surface area contributed by atoms with Crippen LogP contribution >= 0.6 is 0 Å². The Labute approximate surface area is 79.2 Å². The van der Waals surface area contributed by atoms with Crippen LogP contribution in [0.5, 0.6) is 0 Å². The van der Waals surface area contributed by atoms with Crippen LogP contribution in [0.25, 0.3) is 0 Å². The molecule has 7 heteroatoms. The average Bonchev–Trinajstić information content (AvgIpc) is 2.19. The van der Waals surface area contributed by atoms with Crippen LogP contribution in [-0.2, 0) is 4.74 Å². The molecule has 0 aromatic rings. The van der Waals surface area contributed by atoms with Crippen molar-refractivity contribution in [2.45, 2.75) is 36.9 Å². The van der Waals surface area contributed by atoms with Crippen molar-refractivity contribution in [3.05, 3.63) is 0 Å². The molecule has 0 aliphatic carbocycles. The third-order valence-electron chi connectivity index (χ3n) is 2.15. The minimum atomic E-state index is -2.13. The molecule has 1 saturated heterocycles. The minimum absolute atomic E-state index is 0.724. The molecule has 0 aromatic heterocycles. The Hall–Kier alpha value is -0.310. The summed E-state index contributed by atoms with van der Waals surface area (Å²) < 4.78 is 17.3. The van der Waals surface area contributed by atoms with Gasteiger partial charge in [-0.1, -0.05) is 0 Å².